The van der Waals surface area contributed by atoms with Gasteiger partial charge in [0.15, 0.2) is 12.5 Å². The maximum absolute atomic E-state index is 13.1. The number of halogens is 2. The summed E-state index contributed by atoms with van der Waals surface area (Å²) in [6.07, 6.45) is -9.67. The highest BCUT2D eigenvalue weighted by atomic mass is 19.1. The lowest BCUT2D eigenvalue weighted by Crippen LogP contribution is -2.38. The molecule has 0 spiro atoms. The number of nitrogens with zero attached hydrogens (tertiary/aromatic N) is 2. The molecule has 18 heteroatoms. The summed E-state index contributed by atoms with van der Waals surface area (Å²) in [5, 5.41) is 56.0. The molecule has 2 aliphatic rings. The molecule has 0 amide bonds. The Bertz CT molecular complexity index is 1210. The van der Waals surface area contributed by atoms with Crippen molar-refractivity contribution in [2.75, 3.05) is 13.2 Å². The molecule has 36 heavy (non-hydrogen) atoms. The van der Waals surface area contributed by atoms with Crippen LogP contribution in [0.3, 0.4) is 0 Å². The highest BCUT2D eigenvalue weighted by Gasteiger charge is 2.44. The first-order valence-corrected chi connectivity index (χ1v) is 10.2. The smallest absolute Gasteiger partial charge is 0.330 e. The van der Waals surface area contributed by atoms with Crippen molar-refractivity contribution in [3.8, 4) is 0 Å². The number of rotatable bonds is 4. The fourth-order valence-corrected chi connectivity index (χ4v) is 3.52. The van der Waals surface area contributed by atoms with E-state index in [1.165, 1.54) is 0 Å². The maximum Gasteiger partial charge on any atom is 0.330 e. The van der Waals surface area contributed by atoms with Crippen molar-refractivity contribution in [1.82, 2.24) is 19.1 Å². The third kappa shape index (κ3) is 5.20. The van der Waals surface area contributed by atoms with Gasteiger partial charge in [-0.2, -0.15) is 8.78 Å². The van der Waals surface area contributed by atoms with E-state index < -0.39 is 96.4 Å². The van der Waals surface area contributed by atoms with E-state index in [0.29, 0.717) is 21.5 Å². The van der Waals surface area contributed by atoms with Crippen LogP contribution in [0.4, 0.5) is 8.78 Å². The van der Waals surface area contributed by atoms with Gasteiger partial charge in [-0.15, -0.1) is 0 Å². The van der Waals surface area contributed by atoms with Gasteiger partial charge in [0.2, 0.25) is 11.6 Å². The van der Waals surface area contributed by atoms with Crippen LogP contribution in [0.5, 0.6) is 0 Å². The molecule has 0 bridgehead atoms. The number of aromatic nitrogens is 4. The van der Waals surface area contributed by atoms with Crippen LogP contribution in [0.2, 0.25) is 0 Å². The monoisotopic (exact) mass is 524 g/mol. The predicted octanol–water partition coefficient (Wildman–Crippen LogP) is -5.43. The quantitative estimate of drug-likeness (QED) is 0.187. The lowest BCUT2D eigenvalue weighted by molar-refractivity contribution is -0.0554. The number of aliphatic hydroxyl groups is 6. The average molecular weight is 524 g/mol. The molecule has 4 rings (SSSR count). The molecule has 0 aromatic carbocycles. The molecule has 0 radical (unpaired) electrons. The summed E-state index contributed by atoms with van der Waals surface area (Å²) in [5.74, 6) is -2.46. The third-order valence-electron chi connectivity index (χ3n) is 5.43. The second-order valence-electron chi connectivity index (χ2n) is 7.74. The number of aliphatic hydroxyl groups excluding tert-OH is 6. The Morgan fingerprint density at radius 2 is 1.03 bits per heavy atom. The zero-order valence-corrected chi connectivity index (χ0v) is 18.0. The zero-order chi connectivity index (χ0) is 26.9. The molecule has 0 saturated carbocycles. The number of nitrogens with one attached hydrogen (secondary N) is 2. The molecular formula is C18H22F2N4O12. The molecule has 8 N–H and O–H groups in total. The van der Waals surface area contributed by atoms with Gasteiger partial charge < -0.3 is 40.1 Å². The molecule has 2 aromatic heterocycles. The Kier molecular flexibility index (Phi) is 8.31. The second-order valence-corrected chi connectivity index (χ2v) is 7.74. The summed E-state index contributed by atoms with van der Waals surface area (Å²) in [7, 11) is 0. The van der Waals surface area contributed by atoms with Crippen molar-refractivity contribution >= 4 is 0 Å². The number of hydrogen-bond donors (Lipinski definition) is 8. The fourth-order valence-electron chi connectivity index (χ4n) is 3.52. The van der Waals surface area contributed by atoms with Crippen LogP contribution in [0, 0.1) is 11.6 Å². The Hall–Kier alpha value is -3.10. The molecule has 200 valence electrons. The van der Waals surface area contributed by atoms with Gasteiger partial charge in [0.1, 0.15) is 36.6 Å². The highest BCUT2D eigenvalue weighted by molar-refractivity contribution is 4.96. The molecule has 0 unspecified atom stereocenters. The molecule has 2 saturated heterocycles. The minimum Gasteiger partial charge on any atom is -0.394 e. The summed E-state index contributed by atoms with van der Waals surface area (Å²) in [4.78, 5) is 47.9. The maximum atomic E-state index is 13.1. The molecule has 2 fully saturated rings. The number of ether oxygens (including phenoxy) is 2. The molecule has 8 atom stereocenters. The lowest BCUT2D eigenvalue weighted by Gasteiger charge is -2.16. The summed E-state index contributed by atoms with van der Waals surface area (Å²) in [5.41, 5.74) is -4.36. The van der Waals surface area contributed by atoms with Gasteiger partial charge in [-0.3, -0.25) is 28.7 Å². The van der Waals surface area contributed by atoms with E-state index in [9.17, 15) is 48.4 Å². The van der Waals surface area contributed by atoms with E-state index in [2.05, 4.69) is 0 Å². The third-order valence-corrected chi connectivity index (χ3v) is 5.43. The second kappa shape index (κ2) is 10.9. The Labute approximate surface area is 196 Å². The number of aromatic amines is 2. The first kappa shape index (κ1) is 27.5. The summed E-state index contributed by atoms with van der Waals surface area (Å²) in [6.45, 7) is -1.15. The SMILES string of the molecule is O=c1[nH]c(=O)n([C@@H]2O[C@H](CO)[C@@H](O)[C@H]2O)cc1F.O=c1[nH]c(=O)n([C@@H]2O[C@H](CO)[C@@H](O)[C@H]2O)cc1F. The Balaban J connectivity index is 0.000000201. The van der Waals surface area contributed by atoms with Crippen LogP contribution in [0.1, 0.15) is 12.5 Å². The van der Waals surface area contributed by atoms with Crippen LogP contribution in [-0.4, -0.2) is 99.6 Å². The van der Waals surface area contributed by atoms with Gasteiger partial charge in [0.05, 0.1) is 25.6 Å². The van der Waals surface area contributed by atoms with Crippen LogP contribution >= 0.6 is 0 Å². The lowest BCUT2D eigenvalue weighted by atomic mass is 10.1. The van der Waals surface area contributed by atoms with Gasteiger partial charge in [0.25, 0.3) is 11.1 Å². The highest BCUT2D eigenvalue weighted by Crippen LogP contribution is 2.28. The summed E-state index contributed by atoms with van der Waals surface area (Å²) < 4.78 is 37.4. The molecule has 2 aliphatic heterocycles. The average Bonchev–Trinajstić information content (AvgIpc) is 3.29. The predicted molar refractivity (Wildman–Crippen MR) is 109 cm³/mol. The molecule has 0 aliphatic carbocycles. The first-order valence-electron chi connectivity index (χ1n) is 10.2. The Morgan fingerprint density at radius 1 is 0.694 bits per heavy atom. The van der Waals surface area contributed by atoms with E-state index in [0.717, 1.165) is 0 Å². The van der Waals surface area contributed by atoms with Gasteiger partial charge in [-0.25, -0.2) is 9.59 Å². The molecule has 4 heterocycles. The standard InChI is InChI=1S/2C9H11FN2O6/c2*10-3-1-12(9(17)11-7(3)16)8-6(15)5(14)4(2-13)18-8/h2*1,4-6,8,13-15H,2H2,(H,11,16,17)/t2*4-,5-,6-,8-/m11/s1. The van der Waals surface area contributed by atoms with Crippen molar-refractivity contribution in [1.29, 1.82) is 0 Å². The van der Waals surface area contributed by atoms with Crippen molar-refractivity contribution in [2.24, 2.45) is 0 Å². The van der Waals surface area contributed by atoms with Crippen molar-refractivity contribution in [3.05, 3.63) is 65.7 Å². The van der Waals surface area contributed by atoms with E-state index in [-0.39, 0.29) is 0 Å². The molecule has 16 nitrogen and oxygen atoms in total. The fraction of sp³-hybridized carbons (Fsp3) is 0.556. The Morgan fingerprint density at radius 3 is 1.31 bits per heavy atom. The van der Waals surface area contributed by atoms with Gasteiger partial charge >= 0.3 is 11.4 Å². The van der Waals surface area contributed by atoms with E-state index >= 15 is 0 Å². The summed E-state index contributed by atoms with van der Waals surface area (Å²) >= 11 is 0. The van der Waals surface area contributed by atoms with Crippen molar-refractivity contribution in [3.63, 3.8) is 0 Å². The topological polar surface area (TPSA) is 250 Å². The molecular weight excluding hydrogens is 502 g/mol. The van der Waals surface area contributed by atoms with E-state index in [4.69, 9.17) is 19.7 Å². The largest absolute Gasteiger partial charge is 0.394 e. The van der Waals surface area contributed by atoms with Gasteiger partial charge in [0, 0.05) is 0 Å². The van der Waals surface area contributed by atoms with Gasteiger partial charge in [-0.05, 0) is 0 Å². The van der Waals surface area contributed by atoms with Crippen molar-refractivity contribution < 1.29 is 48.9 Å². The van der Waals surface area contributed by atoms with Gasteiger partial charge in [-0.1, -0.05) is 0 Å². The molecule has 2 aromatic rings. The zero-order valence-electron chi connectivity index (χ0n) is 18.0. The minimum atomic E-state index is -1.52. The number of H-pyrrole nitrogens is 2. The van der Waals surface area contributed by atoms with E-state index in [1.807, 2.05) is 0 Å². The minimum absolute atomic E-state index is 0.571. The van der Waals surface area contributed by atoms with Crippen LogP contribution in [0.25, 0.3) is 0 Å². The number of hydrogen-bond acceptors (Lipinski definition) is 12. The first-order chi connectivity index (χ1) is 16.9. The van der Waals surface area contributed by atoms with Crippen molar-refractivity contribution in [2.45, 2.75) is 49.1 Å². The van der Waals surface area contributed by atoms with Crippen LogP contribution in [-0.2, 0) is 9.47 Å². The van der Waals surface area contributed by atoms with Crippen LogP contribution in [0.15, 0.2) is 31.6 Å². The van der Waals surface area contributed by atoms with E-state index in [1.54, 1.807) is 9.97 Å². The normalized spacial score (nSPS) is 31.8. The van der Waals surface area contributed by atoms with Crippen LogP contribution < -0.4 is 22.5 Å². The summed E-state index contributed by atoms with van der Waals surface area (Å²) in [6, 6.07) is 0.